The van der Waals surface area contributed by atoms with E-state index in [1.807, 2.05) is 0 Å². The molecule has 120 valence electrons. The van der Waals surface area contributed by atoms with Gasteiger partial charge in [-0.15, -0.1) is 0 Å². The maximum Gasteiger partial charge on any atom is 0.252 e. The van der Waals surface area contributed by atoms with Crippen LogP contribution < -0.4 is 10.5 Å². The van der Waals surface area contributed by atoms with E-state index in [2.05, 4.69) is 23.6 Å². The number of hydrogen-bond donors (Lipinski definition) is 2. The van der Waals surface area contributed by atoms with Crippen molar-refractivity contribution in [2.75, 3.05) is 12.3 Å². The molecule has 1 aromatic heterocycles. The molecule has 0 bridgehead atoms. The Hall–Kier alpha value is -0.660. The molecule has 0 unspecified atom stereocenters. The summed E-state index contributed by atoms with van der Waals surface area (Å²) in [6, 6.07) is 0. The third-order valence-corrected chi connectivity index (χ3v) is 7.15. The van der Waals surface area contributed by atoms with E-state index >= 15 is 0 Å². The van der Waals surface area contributed by atoms with Crippen LogP contribution in [0.15, 0.2) is 4.21 Å². The van der Waals surface area contributed by atoms with E-state index in [0.717, 1.165) is 30.6 Å². The second-order valence-corrected chi connectivity index (χ2v) is 9.55. The summed E-state index contributed by atoms with van der Waals surface area (Å²) in [5.41, 5.74) is 6.20. The zero-order valence-electron chi connectivity index (χ0n) is 13.0. The van der Waals surface area contributed by atoms with Crippen LogP contribution in [0.3, 0.4) is 0 Å². The molecule has 2 rings (SSSR count). The van der Waals surface area contributed by atoms with Crippen LogP contribution in [-0.2, 0) is 10.0 Å². The molecule has 7 heteroatoms. The first-order chi connectivity index (χ1) is 9.74. The predicted molar refractivity (Wildman–Crippen MR) is 86.8 cm³/mol. The van der Waals surface area contributed by atoms with Gasteiger partial charge in [0.25, 0.3) is 10.0 Å². The molecule has 0 amide bonds. The first-order valence-corrected chi connectivity index (χ1v) is 9.77. The highest BCUT2D eigenvalue weighted by Gasteiger charge is 2.36. The monoisotopic (exact) mass is 331 g/mol. The molecule has 0 atom stereocenters. The fraction of sp³-hybridized carbons (Fsp3) is 0.786. The predicted octanol–water partition coefficient (Wildman–Crippen LogP) is 2.92. The first kappa shape index (κ1) is 16.7. The quantitative estimate of drug-likeness (QED) is 0.839. The maximum absolute atomic E-state index is 12.5. The highest BCUT2D eigenvalue weighted by molar-refractivity contribution is 7.91. The number of anilines is 1. The number of hydrogen-bond acceptors (Lipinski definition) is 5. The highest BCUT2D eigenvalue weighted by atomic mass is 32.2. The standard InChI is InChI=1S/C14H25N3O2S2/c1-10(2)8-14(6-4-5-7-14)9-16-21(18,19)12-11(3)17-13(15)20-12/h10,16H,4-9H2,1-3H3,(H2,15,17). The van der Waals surface area contributed by atoms with Gasteiger partial charge in [0.15, 0.2) is 9.34 Å². The van der Waals surface area contributed by atoms with E-state index in [9.17, 15) is 8.42 Å². The third-order valence-electron chi connectivity index (χ3n) is 4.16. The van der Waals surface area contributed by atoms with Gasteiger partial charge in [0.05, 0.1) is 5.69 Å². The third kappa shape index (κ3) is 3.96. The Morgan fingerprint density at radius 3 is 2.48 bits per heavy atom. The molecule has 0 aromatic carbocycles. The smallest absolute Gasteiger partial charge is 0.252 e. The molecule has 1 fully saturated rings. The van der Waals surface area contributed by atoms with Crippen molar-refractivity contribution in [1.29, 1.82) is 0 Å². The number of thiazole rings is 1. The van der Waals surface area contributed by atoms with Gasteiger partial charge >= 0.3 is 0 Å². The lowest BCUT2D eigenvalue weighted by molar-refractivity contribution is 0.236. The number of aromatic nitrogens is 1. The zero-order chi connectivity index (χ0) is 15.7. The largest absolute Gasteiger partial charge is 0.375 e. The molecule has 1 saturated carbocycles. The normalized spacial score (nSPS) is 18.5. The summed E-state index contributed by atoms with van der Waals surface area (Å²) in [6.07, 6.45) is 5.68. The summed E-state index contributed by atoms with van der Waals surface area (Å²) in [4.78, 5) is 4.00. The lowest BCUT2D eigenvalue weighted by Gasteiger charge is -2.31. The summed E-state index contributed by atoms with van der Waals surface area (Å²) in [7, 11) is -3.51. The van der Waals surface area contributed by atoms with Crippen LogP contribution >= 0.6 is 11.3 Å². The van der Waals surface area contributed by atoms with E-state index in [1.165, 1.54) is 12.8 Å². The summed E-state index contributed by atoms with van der Waals surface area (Å²) in [6.45, 7) is 6.59. The van der Waals surface area contributed by atoms with E-state index in [-0.39, 0.29) is 9.62 Å². The van der Waals surface area contributed by atoms with Gasteiger partial charge in [-0.3, -0.25) is 0 Å². The number of rotatable bonds is 6. The van der Waals surface area contributed by atoms with E-state index in [1.54, 1.807) is 6.92 Å². The molecule has 0 aliphatic heterocycles. The van der Waals surface area contributed by atoms with Crippen LogP contribution in [-0.4, -0.2) is 19.9 Å². The Bertz CT molecular complexity index is 587. The van der Waals surface area contributed by atoms with Crippen LogP contribution in [0.4, 0.5) is 5.13 Å². The summed E-state index contributed by atoms with van der Waals surface area (Å²) in [5, 5.41) is 0.297. The molecular formula is C14H25N3O2S2. The van der Waals surface area contributed by atoms with Gasteiger partial charge in [-0.2, -0.15) is 0 Å². The van der Waals surface area contributed by atoms with Crippen molar-refractivity contribution < 1.29 is 8.42 Å². The second-order valence-electron chi connectivity index (χ2n) is 6.55. The molecule has 1 aliphatic carbocycles. The van der Waals surface area contributed by atoms with Crippen molar-refractivity contribution >= 4 is 26.5 Å². The molecule has 0 saturated heterocycles. The number of nitrogen functional groups attached to an aromatic ring is 1. The number of nitrogens with two attached hydrogens (primary N) is 1. The van der Waals surface area contributed by atoms with Crippen molar-refractivity contribution in [2.45, 2.75) is 57.1 Å². The van der Waals surface area contributed by atoms with Crippen LogP contribution in [0.2, 0.25) is 0 Å². The molecule has 3 N–H and O–H groups in total. The molecule has 1 heterocycles. The van der Waals surface area contributed by atoms with E-state index in [4.69, 9.17) is 5.73 Å². The van der Waals surface area contributed by atoms with E-state index < -0.39 is 10.0 Å². The van der Waals surface area contributed by atoms with Crippen molar-refractivity contribution in [2.24, 2.45) is 11.3 Å². The van der Waals surface area contributed by atoms with Crippen molar-refractivity contribution in [1.82, 2.24) is 9.71 Å². The average Bonchev–Trinajstić information content (AvgIpc) is 2.94. The van der Waals surface area contributed by atoms with Crippen LogP contribution in [0.5, 0.6) is 0 Å². The van der Waals surface area contributed by atoms with Gasteiger partial charge in [-0.05, 0) is 37.5 Å². The Morgan fingerprint density at radius 2 is 2.00 bits per heavy atom. The lowest BCUT2D eigenvalue weighted by atomic mass is 9.79. The Balaban J connectivity index is 2.11. The molecule has 5 nitrogen and oxygen atoms in total. The van der Waals surface area contributed by atoms with Gasteiger partial charge in [0, 0.05) is 6.54 Å². The average molecular weight is 332 g/mol. The first-order valence-electron chi connectivity index (χ1n) is 7.47. The fourth-order valence-electron chi connectivity index (χ4n) is 3.41. The number of sulfonamides is 1. The van der Waals surface area contributed by atoms with Crippen LogP contribution in [0.25, 0.3) is 0 Å². The minimum atomic E-state index is -3.51. The molecule has 0 radical (unpaired) electrons. The summed E-state index contributed by atoms with van der Waals surface area (Å²) < 4.78 is 28.0. The lowest BCUT2D eigenvalue weighted by Crippen LogP contribution is -2.36. The van der Waals surface area contributed by atoms with Gasteiger partial charge in [-0.25, -0.2) is 18.1 Å². The van der Waals surface area contributed by atoms with Crippen molar-refractivity contribution in [3.63, 3.8) is 0 Å². The highest BCUT2D eigenvalue weighted by Crippen LogP contribution is 2.43. The van der Waals surface area contributed by atoms with Gasteiger partial charge in [0.2, 0.25) is 0 Å². The minimum absolute atomic E-state index is 0.116. The van der Waals surface area contributed by atoms with Gasteiger partial charge < -0.3 is 5.73 Å². The van der Waals surface area contributed by atoms with Gasteiger partial charge in [0.1, 0.15) is 0 Å². The molecule has 1 aromatic rings. The summed E-state index contributed by atoms with van der Waals surface area (Å²) >= 11 is 1.03. The minimum Gasteiger partial charge on any atom is -0.375 e. The second kappa shape index (κ2) is 6.22. The Labute approximate surface area is 131 Å². The van der Waals surface area contributed by atoms with E-state index in [0.29, 0.717) is 23.3 Å². The van der Waals surface area contributed by atoms with Crippen LogP contribution in [0.1, 0.15) is 51.6 Å². The Morgan fingerprint density at radius 1 is 1.38 bits per heavy atom. The summed E-state index contributed by atoms with van der Waals surface area (Å²) in [5.74, 6) is 0.577. The van der Waals surface area contributed by atoms with Crippen molar-refractivity contribution in [3.05, 3.63) is 5.69 Å². The molecule has 0 spiro atoms. The number of nitrogens with one attached hydrogen (secondary N) is 1. The van der Waals surface area contributed by atoms with Gasteiger partial charge in [-0.1, -0.05) is 38.0 Å². The topological polar surface area (TPSA) is 85.1 Å². The fourth-order valence-corrected chi connectivity index (χ4v) is 5.91. The number of aryl methyl sites for hydroxylation is 1. The molecule has 21 heavy (non-hydrogen) atoms. The Kier molecular flexibility index (Phi) is 4.95. The van der Waals surface area contributed by atoms with Crippen molar-refractivity contribution in [3.8, 4) is 0 Å². The van der Waals surface area contributed by atoms with Crippen LogP contribution in [0, 0.1) is 18.3 Å². The number of nitrogens with zero attached hydrogens (tertiary/aromatic N) is 1. The molecule has 1 aliphatic rings. The zero-order valence-corrected chi connectivity index (χ0v) is 14.6. The molecular weight excluding hydrogens is 306 g/mol. The maximum atomic E-state index is 12.5. The SMILES string of the molecule is Cc1nc(N)sc1S(=O)(=O)NCC1(CC(C)C)CCCC1.